The number of carboxylic acids is 1. The van der Waals surface area contributed by atoms with E-state index in [-0.39, 0.29) is 19.0 Å². The molecule has 0 saturated carbocycles. The van der Waals surface area contributed by atoms with E-state index in [0.717, 1.165) is 22.3 Å². The van der Waals surface area contributed by atoms with Gasteiger partial charge < -0.3 is 14.7 Å². The Kier molecular flexibility index (Phi) is 5.66. The molecule has 0 unspecified atom stereocenters. The fourth-order valence-corrected chi connectivity index (χ4v) is 9.33. The van der Waals surface area contributed by atoms with Crippen molar-refractivity contribution in [2.75, 3.05) is 4.90 Å². The predicted octanol–water partition coefficient (Wildman–Crippen LogP) is 5.34. The number of ether oxygens (including phenoxy) is 1. The number of rotatable bonds is 5. The first kappa shape index (κ1) is 28.3. The number of fused-ring (bicyclic) bond motifs is 10. The third-order valence-corrected chi connectivity index (χ3v) is 11.3. The molecule has 0 aliphatic carbocycles. The second-order valence-corrected chi connectivity index (χ2v) is 13.7. The zero-order chi connectivity index (χ0) is 34.0. The summed E-state index contributed by atoms with van der Waals surface area (Å²) in [5, 5.41) is 9.66. The van der Waals surface area contributed by atoms with Crippen LogP contribution in [0.3, 0.4) is 0 Å². The number of carbonyl (C=O) groups is 2. The Balaban J connectivity index is 1.23. The van der Waals surface area contributed by atoms with Crippen molar-refractivity contribution >= 4 is 75.7 Å². The highest BCUT2D eigenvalue weighted by Crippen LogP contribution is 2.46. The molecule has 1 N–H and O–H groups in total. The van der Waals surface area contributed by atoms with Gasteiger partial charge in [0.25, 0.3) is 6.47 Å². The monoisotopic (exact) mass is 653 g/mol. The van der Waals surface area contributed by atoms with Crippen molar-refractivity contribution < 1.29 is 19.4 Å². The summed E-state index contributed by atoms with van der Waals surface area (Å²) in [5.74, 6) is -0.425. The highest BCUT2D eigenvalue weighted by Gasteiger charge is 2.50. The van der Waals surface area contributed by atoms with Gasteiger partial charge in [-0.15, -0.1) is 0 Å². The number of aromatic carboxylic acids is 1. The zero-order valence-corrected chi connectivity index (χ0v) is 27.1. The molecule has 7 aromatic rings. The molecule has 0 fully saturated rings. The lowest BCUT2D eigenvalue weighted by Gasteiger charge is -2.43. The van der Waals surface area contributed by atoms with Crippen LogP contribution in [0.2, 0.25) is 0 Å². The van der Waals surface area contributed by atoms with Gasteiger partial charge in [0.05, 0.1) is 5.56 Å². The van der Waals surface area contributed by atoms with Crippen LogP contribution in [0.1, 0.15) is 10.4 Å². The molecule has 236 valence electrons. The molecule has 0 spiro atoms. The number of hydrogen-bond acceptors (Lipinski definition) is 4. The second kappa shape index (κ2) is 10.2. The summed E-state index contributed by atoms with van der Waals surface area (Å²) in [6.07, 6.45) is 0. The van der Waals surface area contributed by atoms with Gasteiger partial charge in [0.15, 0.2) is 0 Å². The lowest BCUT2D eigenvalue weighted by molar-refractivity contribution is -0.120. The zero-order valence-electron chi connectivity index (χ0n) is 27.1. The minimum atomic E-state index is -0.933. The average molecular weight is 653 g/mol. The van der Waals surface area contributed by atoms with Crippen molar-refractivity contribution in [3.63, 3.8) is 0 Å². The normalized spacial score (nSPS) is 13.2. The molecule has 0 radical (unpaired) electrons. The molecular formula is C44H25B2NO4. The third kappa shape index (κ3) is 3.72. The Labute approximate surface area is 294 Å². The summed E-state index contributed by atoms with van der Waals surface area (Å²) in [6, 6.07) is 48.5. The first-order chi connectivity index (χ1) is 25.1. The first-order valence-electron chi connectivity index (χ1n) is 17.1. The van der Waals surface area contributed by atoms with E-state index in [1.807, 2.05) is 36.4 Å². The molecule has 4 heterocycles. The van der Waals surface area contributed by atoms with E-state index in [9.17, 15) is 14.7 Å². The van der Waals surface area contributed by atoms with E-state index in [4.69, 9.17) is 4.74 Å². The maximum atomic E-state index is 11.8. The topological polar surface area (TPSA) is 66.8 Å². The van der Waals surface area contributed by atoms with Gasteiger partial charge in [-0.05, 0) is 103 Å². The fourth-order valence-electron chi connectivity index (χ4n) is 9.33. The molecule has 4 aliphatic heterocycles. The van der Waals surface area contributed by atoms with Crippen LogP contribution in [-0.4, -0.2) is 31.0 Å². The number of carbonyl (C=O) groups excluding carboxylic acids is 1. The van der Waals surface area contributed by atoms with Crippen LogP contribution in [0.15, 0.2) is 140 Å². The fraction of sp³-hybridized carbons (Fsp3) is 0. The largest absolute Gasteiger partial charge is 0.478 e. The standard InChI is InChI=1S/C44H25B2NO4/c48-24-51-29-18-16-26(17-19-29)30-20-21-39-42-40(30)33-7-2-4-10-35(33)46(42)37-23-28(25-12-14-27(15-13-25)44(49)50)22-36-43(37)47(39)38-11-5-8-32-31-6-1-3-9-34(31)45(36)41(32)38/h1-24H,(H,49,50). The Morgan fingerprint density at radius 3 is 1.92 bits per heavy atom. The van der Waals surface area contributed by atoms with Crippen LogP contribution in [-0.2, 0) is 4.79 Å². The lowest BCUT2D eigenvalue weighted by Crippen LogP contribution is -2.63. The molecule has 4 aliphatic rings. The number of nitrogens with zero attached hydrogens (tertiary/aromatic N) is 1. The summed E-state index contributed by atoms with van der Waals surface area (Å²) >= 11 is 0. The van der Waals surface area contributed by atoms with Gasteiger partial charge in [-0.1, -0.05) is 114 Å². The van der Waals surface area contributed by atoms with Gasteiger partial charge in [0.1, 0.15) is 5.75 Å². The lowest BCUT2D eigenvalue weighted by atomic mass is 9.32. The van der Waals surface area contributed by atoms with Gasteiger partial charge in [-0.25, -0.2) is 4.79 Å². The van der Waals surface area contributed by atoms with Crippen LogP contribution >= 0.6 is 0 Å². The Morgan fingerprint density at radius 2 is 1.20 bits per heavy atom. The van der Waals surface area contributed by atoms with Crippen molar-refractivity contribution in [1.82, 2.24) is 0 Å². The maximum absolute atomic E-state index is 11.8. The number of hydrogen-bond donors (Lipinski definition) is 1. The smallest absolute Gasteiger partial charge is 0.335 e. The molecule has 0 saturated heterocycles. The average Bonchev–Trinajstić information content (AvgIpc) is 3.70. The molecule has 0 aromatic heterocycles. The maximum Gasteiger partial charge on any atom is 0.335 e. The van der Waals surface area contributed by atoms with Gasteiger partial charge >= 0.3 is 5.97 Å². The van der Waals surface area contributed by atoms with Crippen LogP contribution in [0.4, 0.5) is 17.1 Å². The highest BCUT2D eigenvalue weighted by atomic mass is 16.5. The molecular weight excluding hydrogens is 628 g/mol. The van der Waals surface area contributed by atoms with E-state index in [0.29, 0.717) is 12.2 Å². The number of carboxylic acid groups (broad SMARTS) is 1. The Bertz CT molecular complexity index is 2690. The van der Waals surface area contributed by atoms with Gasteiger partial charge in [0, 0.05) is 17.1 Å². The van der Waals surface area contributed by atoms with E-state index in [1.165, 1.54) is 72.1 Å². The summed E-state index contributed by atoms with van der Waals surface area (Å²) in [4.78, 5) is 25.3. The number of anilines is 3. The molecule has 0 atom stereocenters. The van der Waals surface area contributed by atoms with E-state index >= 15 is 0 Å². The molecule has 7 aromatic carbocycles. The Morgan fingerprint density at radius 1 is 0.569 bits per heavy atom. The Hall–Kier alpha value is -6.59. The van der Waals surface area contributed by atoms with Crippen LogP contribution in [0, 0.1) is 0 Å². The SMILES string of the molecule is O=COc1ccc(-c2ccc3c4c2-c2ccccc2B4c2cc(-c4ccc(C(=O)O)cc4)cc4c2N3c2cccc3c2B4c2ccccc2-3)cc1. The van der Waals surface area contributed by atoms with Gasteiger partial charge in [-0.3, -0.25) is 4.79 Å². The van der Waals surface area contributed by atoms with E-state index < -0.39 is 5.97 Å². The van der Waals surface area contributed by atoms with Crippen molar-refractivity contribution in [1.29, 1.82) is 0 Å². The predicted molar refractivity (Wildman–Crippen MR) is 206 cm³/mol. The molecule has 51 heavy (non-hydrogen) atoms. The van der Waals surface area contributed by atoms with Crippen LogP contribution < -0.4 is 42.4 Å². The van der Waals surface area contributed by atoms with Crippen molar-refractivity contribution in [2.45, 2.75) is 0 Å². The van der Waals surface area contributed by atoms with Crippen LogP contribution in [0.25, 0.3) is 44.5 Å². The minimum absolute atomic E-state index is 0.00607. The molecule has 0 bridgehead atoms. The molecule has 5 nitrogen and oxygen atoms in total. The summed E-state index contributed by atoms with van der Waals surface area (Å²) < 4.78 is 5.12. The highest BCUT2D eigenvalue weighted by molar-refractivity contribution is 7.05. The van der Waals surface area contributed by atoms with Crippen molar-refractivity contribution in [3.05, 3.63) is 145 Å². The van der Waals surface area contributed by atoms with E-state index in [1.54, 1.807) is 12.1 Å². The quantitative estimate of drug-likeness (QED) is 0.201. The minimum Gasteiger partial charge on any atom is -0.478 e. The second-order valence-electron chi connectivity index (χ2n) is 13.7. The van der Waals surface area contributed by atoms with Gasteiger partial charge in [0.2, 0.25) is 13.4 Å². The van der Waals surface area contributed by atoms with Crippen molar-refractivity contribution in [2.24, 2.45) is 0 Å². The summed E-state index contributed by atoms with van der Waals surface area (Å²) in [5.41, 5.74) is 20.8. The summed E-state index contributed by atoms with van der Waals surface area (Å²) in [6.45, 7) is 0.518. The van der Waals surface area contributed by atoms with E-state index in [2.05, 4.69) is 95.9 Å². The molecule has 11 rings (SSSR count). The number of benzene rings is 7. The van der Waals surface area contributed by atoms with Crippen molar-refractivity contribution in [3.8, 4) is 50.3 Å². The summed E-state index contributed by atoms with van der Waals surface area (Å²) in [7, 11) is 0. The molecule has 0 amide bonds. The van der Waals surface area contributed by atoms with Gasteiger partial charge in [-0.2, -0.15) is 0 Å². The first-order valence-corrected chi connectivity index (χ1v) is 17.1. The molecule has 7 heteroatoms. The van der Waals surface area contributed by atoms with Crippen LogP contribution in [0.5, 0.6) is 5.75 Å². The third-order valence-electron chi connectivity index (χ3n) is 11.3.